The van der Waals surface area contributed by atoms with Gasteiger partial charge in [-0.3, -0.25) is 20.6 Å². The number of aliphatic hydroxyl groups is 1. The smallest absolute Gasteiger partial charge is 0.265 e. The van der Waals surface area contributed by atoms with E-state index < -0.39 is 24.4 Å². The zero-order chi connectivity index (χ0) is 13.1. The third-order valence-corrected chi connectivity index (χ3v) is 2.88. The summed E-state index contributed by atoms with van der Waals surface area (Å²) in [6, 6.07) is 3.51. The number of carbonyl (C=O) groups excluding carboxylic acids is 1. The number of carbonyl (C=O) groups is 1. The quantitative estimate of drug-likeness (QED) is 0.746. The lowest BCUT2D eigenvalue weighted by molar-refractivity contribution is -0.124. The number of hydrazine groups is 1. The van der Waals surface area contributed by atoms with Crippen LogP contribution in [0.5, 0.6) is 0 Å². The number of hydrogen-bond donors (Lipinski definition) is 3. The molecule has 0 saturated heterocycles. The van der Waals surface area contributed by atoms with Crippen molar-refractivity contribution in [3.63, 3.8) is 0 Å². The summed E-state index contributed by atoms with van der Waals surface area (Å²) in [5, 5.41) is 9.25. The van der Waals surface area contributed by atoms with E-state index in [2.05, 4.69) is 15.8 Å². The molecule has 0 saturated carbocycles. The van der Waals surface area contributed by atoms with Crippen LogP contribution in [0.25, 0.3) is 0 Å². The number of nitrogens with one attached hydrogen (secondary N) is 2. The Bertz CT molecular complexity index is 487. The number of nitrogens with zero attached hydrogens (tertiary/aromatic N) is 1. The van der Waals surface area contributed by atoms with Gasteiger partial charge in [-0.1, -0.05) is 17.7 Å². The monoisotopic (exact) mass is 271 g/mol. The SMILES string of the molecule is O=C1NNC(Cc2c(F)cccc2Cl)=NC1CO. The molecule has 0 spiro atoms. The second kappa shape index (κ2) is 5.32. The lowest BCUT2D eigenvalue weighted by Crippen LogP contribution is -2.52. The van der Waals surface area contributed by atoms with Crippen LogP contribution in [0.3, 0.4) is 0 Å². The van der Waals surface area contributed by atoms with Crippen LogP contribution < -0.4 is 10.9 Å². The van der Waals surface area contributed by atoms with Gasteiger partial charge < -0.3 is 5.11 Å². The van der Waals surface area contributed by atoms with E-state index in [1.807, 2.05) is 0 Å². The lowest BCUT2D eigenvalue weighted by atomic mass is 10.1. The standard InChI is InChI=1S/C11H11ClFN3O2/c12-7-2-1-3-8(13)6(7)4-10-14-9(5-17)11(18)16-15-10/h1-3,9,17H,4-5H2,(H,14,15)(H,16,18). The molecule has 1 aliphatic heterocycles. The average Bonchev–Trinajstić information content (AvgIpc) is 2.36. The number of aliphatic imine (C=N–C) groups is 1. The fourth-order valence-electron chi connectivity index (χ4n) is 1.58. The maximum absolute atomic E-state index is 13.6. The summed E-state index contributed by atoms with van der Waals surface area (Å²) in [5.74, 6) is -0.522. The normalized spacial score (nSPS) is 18.9. The Morgan fingerprint density at radius 2 is 2.22 bits per heavy atom. The first kappa shape index (κ1) is 12.8. The van der Waals surface area contributed by atoms with Crippen molar-refractivity contribution in [3.8, 4) is 0 Å². The predicted octanol–water partition coefficient (Wildman–Crippen LogP) is 0.415. The Morgan fingerprint density at radius 3 is 2.89 bits per heavy atom. The number of benzene rings is 1. The van der Waals surface area contributed by atoms with Crippen molar-refractivity contribution in [1.29, 1.82) is 0 Å². The molecule has 18 heavy (non-hydrogen) atoms. The fraction of sp³-hybridized carbons (Fsp3) is 0.273. The van der Waals surface area contributed by atoms with Crippen molar-refractivity contribution >= 4 is 23.3 Å². The second-order valence-corrected chi connectivity index (χ2v) is 4.17. The van der Waals surface area contributed by atoms with Crippen molar-refractivity contribution in [1.82, 2.24) is 10.9 Å². The molecule has 7 heteroatoms. The van der Waals surface area contributed by atoms with Crippen molar-refractivity contribution in [3.05, 3.63) is 34.6 Å². The minimum atomic E-state index is -0.869. The van der Waals surface area contributed by atoms with Crippen LogP contribution in [-0.2, 0) is 11.2 Å². The molecule has 0 aromatic heterocycles. The number of amidine groups is 1. The van der Waals surface area contributed by atoms with E-state index in [0.717, 1.165) is 0 Å². The molecule has 0 aliphatic carbocycles. The Morgan fingerprint density at radius 1 is 1.44 bits per heavy atom. The molecule has 0 bridgehead atoms. The predicted molar refractivity (Wildman–Crippen MR) is 64.7 cm³/mol. The molecule has 1 amide bonds. The van der Waals surface area contributed by atoms with Gasteiger partial charge in [0.2, 0.25) is 0 Å². The lowest BCUT2D eigenvalue weighted by Gasteiger charge is -2.21. The van der Waals surface area contributed by atoms with E-state index in [9.17, 15) is 9.18 Å². The fourth-order valence-corrected chi connectivity index (χ4v) is 1.81. The zero-order valence-corrected chi connectivity index (χ0v) is 10.0. The van der Waals surface area contributed by atoms with Crippen LogP contribution in [0.4, 0.5) is 4.39 Å². The molecule has 1 unspecified atom stereocenters. The Kier molecular flexibility index (Phi) is 3.78. The third-order valence-electron chi connectivity index (χ3n) is 2.52. The van der Waals surface area contributed by atoms with Crippen LogP contribution in [-0.4, -0.2) is 29.5 Å². The maximum atomic E-state index is 13.6. The Balaban J connectivity index is 2.22. The first-order chi connectivity index (χ1) is 8.61. The van der Waals surface area contributed by atoms with Gasteiger partial charge in [-0.25, -0.2) is 4.39 Å². The van der Waals surface area contributed by atoms with Crippen LogP contribution in [0.15, 0.2) is 23.2 Å². The molecule has 3 N–H and O–H groups in total. The summed E-state index contributed by atoms with van der Waals surface area (Å²) < 4.78 is 13.6. The van der Waals surface area contributed by atoms with E-state index in [-0.39, 0.29) is 11.4 Å². The van der Waals surface area contributed by atoms with Crippen LogP contribution in [0, 0.1) is 5.82 Å². The van der Waals surface area contributed by atoms with Gasteiger partial charge in [0.1, 0.15) is 11.7 Å². The largest absolute Gasteiger partial charge is 0.394 e. The first-order valence-electron chi connectivity index (χ1n) is 5.28. The van der Waals surface area contributed by atoms with Gasteiger partial charge in [0.05, 0.1) is 6.61 Å². The molecule has 0 fully saturated rings. The minimum absolute atomic E-state index is 0.113. The summed E-state index contributed by atoms with van der Waals surface area (Å²) in [6.45, 7) is -0.401. The van der Waals surface area contributed by atoms with Gasteiger partial charge in [0, 0.05) is 17.0 Å². The Hall–Kier alpha value is -1.66. The molecular formula is C11H11ClFN3O2. The first-order valence-corrected chi connectivity index (χ1v) is 5.66. The zero-order valence-electron chi connectivity index (χ0n) is 9.28. The van der Waals surface area contributed by atoms with Gasteiger partial charge in [0.15, 0.2) is 6.04 Å². The van der Waals surface area contributed by atoms with Crippen LogP contribution in [0.1, 0.15) is 5.56 Å². The highest BCUT2D eigenvalue weighted by Crippen LogP contribution is 2.19. The number of rotatable bonds is 3. The highest BCUT2D eigenvalue weighted by Gasteiger charge is 2.23. The van der Waals surface area contributed by atoms with Gasteiger partial charge in [-0.05, 0) is 12.1 Å². The van der Waals surface area contributed by atoms with E-state index >= 15 is 0 Å². The van der Waals surface area contributed by atoms with E-state index in [1.165, 1.54) is 12.1 Å². The van der Waals surface area contributed by atoms with E-state index in [1.54, 1.807) is 6.07 Å². The van der Waals surface area contributed by atoms with E-state index in [0.29, 0.717) is 11.4 Å². The topological polar surface area (TPSA) is 73.7 Å². The van der Waals surface area contributed by atoms with Crippen molar-refractivity contribution in [2.24, 2.45) is 4.99 Å². The molecule has 1 aromatic rings. The summed E-state index contributed by atoms with van der Waals surface area (Å²) >= 11 is 5.89. The molecule has 1 atom stereocenters. The van der Waals surface area contributed by atoms with Crippen LogP contribution >= 0.6 is 11.6 Å². The molecule has 96 valence electrons. The number of amides is 1. The van der Waals surface area contributed by atoms with Gasteiger partial charge in [-0.15, -0.1) is 0 Å². The molecule has 0 radical (unpaired) electrons. The van der Waals surface area contributed by atoms with Crippen LogP contribution in [0.2, 0.25) is 5.02 Å². The average molecular weight is 272 g/mol. The van der Waals surface area contributed by atoms with E-state index in [4.69, 9.17) is 16.7 Å². The number of halogens is 2. The summed E-state index contributed by atoms with van der Waals surface area (Å²) in [4.78, 5) is 15.2. The summed E-state index contributed by atoms with van der Waals surface area (Å²) in [7, 11) is 0. The summed E-state index contributed by atoms with van der Waals surface area (Å²) in [5.41, 5.74) is 5.19. The number of aliphatic hydroxyl groups excluding tert-OH is 1. The van der Waals surface area contributed by atoms with Gasteiger partial charge in [0.25, 0.3) is 5.91 Å². The molecule has 5 nitrogen and oxygen atoms in total. The molecule has 1 heterocycles. The second-order valence-electron chi connectivity index (χ2n) is 3.77. The number of hydrogen-bond acceptors (Lipinski definition) is 4. The van der Waals surface area contributed by atoms with Gasteiger partial charge in [-0.2, -0.15) is 0 Å². The highest BCUT2D eigenvalue weighted by molar-refractivity contribution is 6.31. The van der Waals surface area contributed by atoms with Crippen molar-refractivity contribution in [2.45, 2.75) is 12.5 Å². The van der Waals surface area contributed by atoms with Gasteiger partial charge >= 0.3 is 0 Å². The minimum Gasteiger partial charge on any atom is -0.394 e. The molecule has 1 aromatic carbocycles. The highest BCUT2D eigenvalue weighted by atomic mass is 35.5. The molecule has 2 rings (SSSR count). The van der Waals surface area contributed by atoms with Crippen molar-refractivity contribution < 1.29 is 14.3 Å². The van der Waals surface area contributed by atoms with Crippen molar-refractivity contribution in [2.75, 3.05) is 6.61 Å². The summed E-state index contributed by atoms with van der Waals surface area (Å²) in [6.07, 6.45) is 0.113. The Labute approximate surface area is 108 Å². The molecule has 1 aliphatic rings. The maximum Gasteiger partial charge on any atom is 0.265 e. The molecular weight excluding hydrogens is 261 g/mol. The third kappa shape index (κ3) is 2.60.